The lowest BCUT2D eigenvalue weighted by molar-refractivity contribution is -0.0225. The van der Waals surface area contributed by atoms with Gasteiger partial charge in [-0.1, -0.05) is 76.6 Å². The van der Waals surface area contributed by atoms with Crippen LogP contribution in [0.3, 0.4) is 0 Å². The summed E-state index contributed by atoms with van der Waals surface area (Å²) in [6.07, 6.45) is -0.0699. The number of anilines is 1. The van der Waals surface area contributed by atoms with Gasteiger partial charge >= 0.3 is 0 Å². The van der Waals surface area contributed by atoms with Crippen LogP contribution in [0.15, 0.2) is 87.8 Å². The van der Waals surface area contributed by atoms with Crippen molar-refractivity contribution in [2.24, 2.45) is 0 Å². The molecule has 0 aliphatic heterocycles. The topological polar surface area (TPSA) is 30.5 Å². The van der Waals surface area contributed by atoms with E-state index >= 15 is 0 Å². The van der Waals surface area contributed by atoms with Crippen LogP contribution in [0.4, 0.5) is 5.69 Å². The van der Waals surface area contributed by atoms with Gasteiger partial charge in [0, 0.05) is 21.2 Å². The zero-order valence-corrected chi connectivity index (χ0v) is 18.7. The van der Waals surface area contributed by atoms with Crippen molar-refractivity contribution in [1.29, 1.82) is 0 Å². The summed E-state index contributed by atoms with van der Waals surface area (Å²) in [6.45, 7) is 2.31. The van der Waals surface area contributed by atoms with Crippen LogP contribution in [0.5, 0.6) is 0 Å². The van der Waals surface area contributed by atoms with Gasteiger partial charge in [-0.3, -0.25) is 0 Å². The lowest BCUT2D eigenvalue weighted by Gasteiger charge is -2.20. The Morgan fingerprint density at radius 3 is 2.07 bits per heavy atom. The van der Waals surface area contributed by atoms with Gasteiger partial charge in [0.2, 0.25) is 0 Å². The zero-order valence-electron chi connectivity index (χ0n) is 15.5. The van der Waals surface area contributed by atoms with E-state index in [4.69, 9.17) is 9.47 Å². The smallest absolute Gasteiger partial charge is 0.0984 e. The average molecular weight is 505 g/mol. The van der Waals surface area contributed by atoms with Gasteiger partial charge in [0.25, 0.3) is 0 Å². The standard InChI is InChI=1S/C23H23Br2NO2/c24-20-11-12-23(22(25)13-20)26-14-21(28-16-19-9-5-2-6-10-19)17-27-15-18-7-3-1-4-8-18/h1-13,21,26H,14-17H2. The molecule has 1 atom stereocenters. The van der Waals surface area contributed by atoms with Gasteiger partial charge in [-0.15, -0.1) is 0 Å². The molecule has 0 bridgehead atoms. The van der Waals surface area contributed by atoms with Crippen LogP contribution >= 0.6 is 31.9 Å². The van der Waals surface area contributed by atoms with Crippen molar-refractivity contribution in [3.05, 3.63) is 98.9 Å². The highest BCUT2D eigenvalue weighted by atomic mass is 79.9. The molecule has 0 aromatic heterocycles. The van der Waals surface area contributed by atoms with Crippen LogP contribution in [0.1, 0.15) is 11.1 Å². The molecule has 0 saturated carbocycles. The summed E-state index contributed by atoms with van der Waals surface area (Å²) in [5, 5.41) is 3.45. The van der Waals surface area contributed by atoms with E-state index in [0.29, 0.717) is 26.4 Å². The van der Waals surface area contributed by atoms with Crippen molar-refractivity contribution in [3.63, 3.8) is 0 Å². The first-order chi connectivity index (χ1) is 13.7. The Labute approximate surface area is 183 Å². The van der Waals surface area contributed by atoms with Gasteiger partial charge in [0.05, 0.1) is 25.9 Å². The highest BCUT2D eigenvalue weighted by Gasteiger charge is 2.11. The van der Waals surface area contributed by atoms with Crippen molar-refractivity contribution in [1.82, 2.24) is 0 Å². The summed E-state index contributed by atoms with van der Waals surface area (Å²) in [6, 6.07) is 26.5. The molecule has 0 saturated heterocycles. The van der Waals surface area contributed by atoms with E-state index in [9.17, 15) is 0 Å². The molecule has 3 nitrogen and oxygen atoms in total. The number of ether oxygens (including phenoxy) is 2. The summed E-state index contributed by atoms with van der Waals surface area (Å²) < 4.78 is 14.1. The Hall–Kier alpha value is -1.66. The molecular weight excluding hydrogens is 482 g/mol. The van der Waals surface area contributed by atoms with E-state index in [1.807, 2.05) is 54.6 Å². The zero-order chi connectivity index (χ0) is 19.6. The highest BCUT2D eigenvalue weighted by Crippen LogP contribution is 2.26. The van der Waals surface area contributed by atoms with E-state index in [2.05, 4.69) is 61.4 Å². The van der Waals surface area contributed by atoms with E-state index in [-0.39, 0.29) is 6.10 Å². The first-order valence-corrected chi connectivity index (χ1v) is 10.8. The predicted molar refractivity (Wildman–Crippen MR) is 121 cm³/mol. The van der Waals surface area contributed by atoms with Crippen LogP contribution in [0, 0.1) is 0 Å². The third-order valence-electron chi connectivity index (χ3n) is 4.20. The van der Waals surface area contributed by atoms with Gasteiger partial charge in [0.15, 0.2) is 0 Å². The maximum atomic E-state index is 6.14. The van der Waals surface area contributed by atoms with Crippen LogP contribution in [0.2, 0.25) is 0 Å². The summed E-state index contributed by atoms with van der Waals surface area (Å²) in [5.41, 5.74) is 3.34. The van der Waals surface area contributed by atoms with Gasteiger partial charge in [-0.25, -0.2) is 0 Å². The summed E-state index contributed by atoms with van der Waals surface area (Å²) in [4.78, 5) is 0. The fourth-order valence-corrected chi connectivity index (χ4v) is 3.88. The SMILES string of the molecule is Brc1ccc(NCC(COCc2ccccc2)OCc2ccccc2)c(Br)c1. The molecule has 0 amide bonds. The largest absolute Gasteiger partial charge is 0.381 e. The normalized spacial score (nSPS) is 11.9. The van der Waals surface area contributed by atoms with Crippen molar-refractivity contribution in [3.8, 4) is 0 Å². The Bertz CT molecular complexity index is 844. The number of halogens is 2. The molecule has 0 radical (unpaired) electrons. The Morgan fingerprint density at radius 2 is 1.43 bits per heavy atom. The fraction of sp³-hybridized carbons (Fsp3) is 0.217. The lowest BCUT2D eigenvalue weighted by atomic mass is 10.2. The molecule has 0 fully saturated rings. The highest BCUT2D eigenvalue weighted by molar-refractivity contribution is 9.11. The third kappa shape index (κ3) is 7.06. The van der Waals surface area contributed by atoms with E-state index in [1.54, 1.807) is 0 Å². The number of benzene rings is 3. The summed E-state index contributed by atoms with van der Waals surface area (Å²) >= 11 is 7.07. The van der Waals surface area contributed by atoms with Crippen LogP contribution in [-0.2, 0) is 22.7 Å². The molecule has 1 unspecified atom stereocenters. The maximum absolute atomic E-state index is 6.14. The molecule has 0 spiro atoms. The first-order valence-electron chi connectivity index (χ1n) is 9.17. The Morgan fingerprint density at radius 1 is 0.786 bits per heavy atom. The van der Waals surface area contributed by atoms with Gasteiger partial charge < -0.3 is 14.8 Å². The van der Waals surface area contributed by atoms with Crippen LogP contribution < -0.4 is 5.32 Å². The van der Waals surface area contributed by atoms with Crippen molar-refractivity contribution in [2.75, 3.05) is 18.5 Å². The van der Waals surface area contributed by atoms with Gasteiger partial charge in [-0.2, -0.15) is 0 Å². The fourth-order valence-electron chi connectivity index (χ4n) is 2.69. The van der Waals surface area contributed by atoms with E-state index < -0.39 is 0 Å². The molecule has 146 valence electrons. The number of hydrogen-bond donors (Lipinski definition) is 1. The number of rotatable bonds is 10. The lowest BCUT2D eigenvalue weighted by Crippen LogP contribution is -2.28. The number of hydrogen-bond acceptors (Lipinski definition) is 3. The van der Waals surface area contributed by atoms with Crippen LogP contribution in [0.25, 0.3) is 0 Å². The van der Waals surface area contributed by atoms with E-state index in [0.717, 1.165) is 25.8 Å². The minimum Gasteiger partial charge on any atom is -0.381 e. The summed E-state index contributed by atoms with van der Waals surface area (Å²) in [5.74, 6) is 0. The molecule has 28 heavy (non-hydrogen) atoms. The molecule has 0 heterocycles. The molecule has 5 heteroatoms. The third-order valence-corrected chi connectivity index (χ3v) is 5.34. The van der Waals surface area contributed by atoms with Crippen molar-refractivity contribution >= 4 is 37.5 Å². The molecule has 1 N–H and O–H groups in total. The maximum Gasteiger partial charge on any atom is 0.0984 e. The predicted octanol–water partition coefficient (Wildman–Crippen LogP) is 6.43. The minimum atomic E-state index is -0.0699. The second-order valence-corrected chi connectivity index (χ2v) is 8.19. The molecule has 3 aromatic carbocycles. The quantitative estimate of drug-likeness (QED) is 0.345. The first kappa shape index (κ1) is 21.1. The minimum absolute atomic E-state index is 0.0699. The second kappa shape index (κ2) is 11.4. The van der Waals surface area contributed by atoms with Gasteiger partial charge in [0.1, 0.15) is 0 Å². The Kier molecular flexibility index (Phi) is 8.55. The van der Waals surface area contributed by atoms with Crippen molar-refractivity contribution in [2.45, 2.75) is 19.3 Å². The average Bonchev–Trinajstić information content (AvgIpc) is 2.72. The molecule has 3 aromatic rings. The van der Waals surface area contributed by atoms with Crippen molar-refractivity contribution < 1.29 is 9.47 Å². The second-order valence-electron chi connectivity index (χ2n) is 6.42. The van der Waals surface area contributed by atoms with E-state index in [1.165, 1.54) is 0 Å². The Balaban J connectivity index is 1.56. The molecule has 0 aliphatic rings. The molecular formula is C23H23Br2NO2. The monoisotopic (exact) mass is 503 g/mol. The molecule has 0 aliphatic carbocycles. The summed E-state index contributed by atoms with van der Waals surface area (Å²) in [7, 11) is 0. The number of nitrogens with one attached hydrogen (secondary N) is 1. The molecule has 3 rings (SSSR count). The van der Waals surface area contributed by atoms with Crippen LogP contribution in [-0.4, -0.2) is 19.3 Å². The van der Waals surface area contributed by atoms with Gasteiger partial charge in [-0.05, 0) is 45.3 Å².